The molecule has 0 spiro atoms. The van der Waals surface area contributed by atoms with Crippen molar-refractivity contribution >= 4 is 10.9 Å². The van der Waals surface area contributed by atoms with Crippen LogP contribution >= 0.6 is 0 Å². The quantitative estimate of drug-likeness (QED) is 0.736. The van der Waals surface area contributed by atoms with Gasteiger partial charge in [-0.3, -0.25) is 4.79 Å². The normalized spacial score (nSPS) is 10.2. The Morgan fingerprint density at radius 2 is 1.80 bits per heavy atom. The fourth-order valence-corrected chi connectivity index (χ4v) is 2.03. The number of hydrogen-bond donors (Lipinski definition) is 1. The van der Waals surface area contributed by atoms with Crippen LogP contribution in [0.4, 0.5) is 0 Å². The second-order valence-corrected chi connectivity index (χ2v) is 4.46. The van der Waals surface area contributed by atoms with Crippen LogP contribution in [0.5, 0.6) is 0 Å². The van der Waals surface area contributed by atoms with Crippen molar-refractivity contribution in [2.75, 3.05) is 0 Å². The van der Waals surface area contributed by atoms with E-state index in [1.165, 1.54) is 17.2 Å². The number of aryl methyl sites for hydroxylation is 2. The Morgan fingerprint density at radius 1 is 1.10 bits per heavy atom. The second kappa shape index (κ2) is 5.74. The van der Waals surface area contributed by atoms with Gasteiger partial charge in [0.25, 0.3) is 0 Å². The van der Waals surface area contributed by atoms with Gasteiger partial charge >= 0.3 is 0 Å². The third-order valence-electron chi connectivity index (χ3n) is 3.20. The Bertz CT molecular complexity index is 764. The monoisotopic (exact) mass is 269 g/mol. The van der Waals surface area contributed by atoms with Gasteiger partial charge in [0.15, 0.2) is 0 Å². The summed E-state index contributed by atoms with van der Waals surface area (Å²) in [7, 11) is 0. The molecular weight excluding hydrogens is 250 g/mol. The molecule has 0 aliphatic rings. The zero-order valence-electron chi connectivity index (χ0n) is 12.3. The number of aromatic amines is 1. The van der Waals surface area contributed by atoms with Gasteiger partial charge in [-0.25, -0.2) is 4.68 Å². The zero-order valence-corrected chi connectivity index (χ0v) is 12.3. The fourth-order valence-electron chi connectivity index (χ4n) is 2.03. The van der Waals surface area contributed by atoms with E-state index in [4.69, 9.17) is 0 Å². The smallest absolute Gasteiger partial charge is 0.248 e. The highest BCUT2D eigenvalue weighted by atomic mass is 16.1. The van der Waals surface area contributed by atoms with Gasteiger partial charge in [-0.2, -0.15) is 5.10 Å². The van der Waals surface area contributed by atoms with E-state index in [2.05, 4.69) is 36.1 Å². The van der Waals surface area contributed by atoms with Crippen molar-refractivity contribution in [1.82, 2.24) is 14.8 Å². The van der Waals surface area contributed by atoms with Gasteiger partial charge in [0.2, 0.25) is 5.56 Å². The van der Waals surface area contributed by atoms with Crippen LogP contribution in [0.25, 0.3) is 16.6 Å². The molecule has 0 aliphatic heterocycles. The van der Waals surface area contributed by atoms with E-state index >= 15 is 0 Å². The Morgan fingerprint density at radius 3 is 2.45 bits per heavy atom. The minimum atomic E-state index is -0.109. The number of pyridine rings is 1. The lowest BCUT2D eigenvalue weighted by atomic mass is 10.1. The maximum Gasteiger partial charge on any atom is 0.248 e. The highest BCUT2D eigenvalue weighted by molar-refractivity contribution is 5.81. The molecule has 0 fully saturated rings. The number of rotatable bonds is 1. The largest absolute Gasteiger partial charge is 0.327 e. The molecule has 4 heteroatoms. The van der Waals surface area contributed by atoms with Gasteiger partial charge in [-0.05, 0) is 43.2 Å². The number of aromatic nitrogens is 3. The molecule has 0 amide bonds. The summed E-state index contributed by atoms with van der Waals surface area (Å²) >= 11 is 0. The van der Waals surface area contributed by atoms with Gasteiger partial charge in [0.1, 0.15) is 0 Å². The molecule has 0 saturated carbocycles. The third kappa shape index (κ3) is 2.50. The van der Waals surface area contributed by atoms with Crippen LogP contribution in [0.1, 0.15) is 25.0 Å². The van der Waals surface area contributed by atoms with E-state index in [1.54, 1.807) is 12.3 Å². The molecule has 4 nitrogen and oxygen atoms in total. The van der Waals surface area contributed by atoms with E-state index in [0.717, 1.165) is 16.6 Å². The Balaban J connectivity index is 0.000000704. The standard InChI is InChI=1S/C14H13N3O.C2H6/c1-9-5-11-7-16-17(13(11)6-10(9)2)12-3-4-14(18)15-8-12;1-2/h3-8H,1-2H3,(H,15,18);1-2H3. The molecule has 2 heterocycles. The summed E-state index contributed by atoms with van der Waals surface area (Å²) in [5.74, 6) is 0. The van der Waals surface area contributed by atoms with Crippen LogP contribution in [0.3, 0.4) is 0 Å². The van der Waals surface area contributed by atoms with Crippen molar-refractivity contribution < 1.29 is 0 Å². The molecular formula is C16H19N3O. The summed E-state index contributed by atoms with van der Waals surface area (Å²) in [6, 6.07) is 7.51. The number of nitrogens with one attached hydrogen (secondary N) is 1. The fraction of sp³-hybridized carbons (Fsp3) is 0.250. The number of fused-ring (bicyclic) bond motifs is 1. The molecule has 3 aromatic rings. The summed E-state index contributed by atoms with van der Waals surface area (Å²) in [5, 5.41) is 5.47. The predicted octanol–water partition coefficient (Wildman–Crippen LogP) is 3.36. The van der Waals surface area contributed by atoms with E-state index < -0.39 is 0 Å². The second-order valence-electron chi connectivity index (χ2n) is 4.46. The van der Waals surface area contributed by atoms with E-state index in [-0.39, 0.29) is 5.56 Å². The predicted molar refractivity (Wildman–Crippen MR) is 82.5 cm³/mol. The lowest BCUT2D eigenvalue weighted by Gasteiger charge is -2.04. The Hall–Kier alpha value is -2.36. The minimum absolute atomic E-state index is 0.109. The SMILES string of the molecule is CC.Cc1cc2cnn(-c3ccc(=O)[nH]c3)c2cc1C. The summed E-state index contributed by atoms with van der Waals surface area (Å²) < 4.78 is 1.83. The van der Waals surface area contributed by atoms with Crippen molar-refractivity contribution in [2.24, 2.45) is 0 Å². The average Bonchev–Trinajstić information content (AvgIpc) is 2.85. The first kappa shape index (κ1) is 14.1. The van der Waals surface area contributed by atoms with Gasteiger partial charge < -0.3 is 4.98 Å². The highest BCUT2D eigenvalue weighted by Crippen LogP contribution is 2.21. The molecule has 0 atom stereocenters. The molecule has 0 unspecified atom stereocenters. The highest BCUT2D eigenvalue weighted by Gasteiger charge is 2.06. The van der Waals surface area contributed by atoms with Gasteiger partial charge in [0.05, 0.1) is 17.4 Å². The summed E-state index contributed by atoms with van der Waals surface area (Å²) in [6.45, 7) is 8.17. The van der Waals surface area contributed by atoms with Crippen molar-refractivity contribution in [3.63, 3.8) is 0 Å². The van der Waals surface area contributed by atoms with Crippen LogP contribution in [-0.2, 0) is 0 Å². The number of benzene rings is 1. The number of nitrogens with zero attached hydrogens (tertiary/aromatic N) is 2. The van der Waals surface area contributed by atoms with Crippen molar-refractivity contribution in [2.45, 2.75) is 27.7 Å². The molecule has 0 radical (unpaired) electrons. The maximum absolute atomic E-state index is 11.1. The molecule has 104 valence electrons. The first-order valence-electron chi connectivity index (χ1n) is 6.79. The van der Waals surface area contributed by atoms with Gasteiger partial charge in [-0.15, -0.1) is 0 Å². The third-order valence-corrected chi connectivity index (χ3v) is 3.20. The maximum atomic E-state index is 11.1. The molecule has 0 aliphatic carbocycles. The van der Waals surface area contributed by atoms with E-state index in [9.17, 15) is 4.79 Å². The van der Waals surface area contributed by atoms with Crippen LogP contribution in [0.15, 0.2) is 41.5 Å². The van der Waals surface area contributed by atoms with Gasteiger partial charge in [0, 0.05) is 17.6 Å². The van der Waals surface area contributed by atoms with Crippen LogP contribution in [0.2, 0.25) is 0 Å². The van der Waals surface area contributed by atoms with Gasteiger partial charge in [-0.1, -0.05) is 13.8 Å². The van der Waals surface area contributed by atoms with E-state index in [0.29, 0.717) is 0 Å². The Kier molecular flexibility index (Phi) is 4.03. The minimum Gasteiger partial charge on any atom is -0.327 e. The molecule has 0 bridgehead atoms. The molecule has 0 saturated heterocycles. The van der Waals surface area contributed by atoms with Crippen molar-refractivity contribution in [3.8, 4) is 5.69 Å². The lowest BCUT2D eigenvalue weighted by molar-refractivity contribution is 0.900. The molecule has 1 aromatic carbocycles. The summed E-state index contributed by atoms with van der Waals surface area (Å²) in [4.78, 5) is 13.7. The molecule has 2 aromatic heterocycles. The lowest BCUT2D eigenvalue weighted by Crippen LogP contribution is -2.05. The molecule has 1 N–H and O–H groups in total. The number of hydrogen-bond acceptors (Lipinski definition) is 2. The summed E-state index contributed by atoms with van der Waals surface area (Å²) in [5.41, 5.74) is 4.28. The van der Waals surface area contributed by atoms with Crippen molar-refractivity contribution in [1.29, 1.82) is 0 Å². The van der Waals surface area contributed by atoms with Crippen LogP contribution in [0, 0.1) is 13.8 Å². The van der Waals surface area contributed by atoms with E-state index in [1.807, 2.05) is 24.7 Å². The first-order chi connectivity index (χ1) is 9.65. The topological polar surface area (TPSA) is 50.7 Å². The first-order valence-corrected chi connectivity index (χ1v) is 6.79. The average molecular weight is 269 g/mol. The zero-order chi connectivity index (χ0) is 14.7. The number of H-pyrrole nitrogens is 1. The Labute approximate surface area is 118 Å². The van der Waals surface area contributed by atoms with Crippen molar-refractivity contribution in [3.05, 3.63) is 58.1 Å². The van der Waals surface area contributed by atoms with Crippen LogP contribution < -0.4 is 5.56 Å². The van der Waals surface area contributed by atoms with Crippen LogP contribution in [-0.4, -0.2) is 14.8 Å². The summed E-state index contributed by atoms with van der Waals surface area (Å²) in [6.07, 6.45) is 3.51. The molecule has 20 heavy (non-hydrogen) atoms. The molecule has 3 rings (SSSR count).